The van der Waals surface area contributed by atoms with Gasteiger partial charge in [0.05, 0.1) is 17.1 Å². The lowest BCUT2D eigenvalue weighted by molar-refractivity contribution is 0.447. The first-order valence-corrected chi connectivity index (χ1v) is 5.47. The zero-order valence-corrected chi connectivity index (χ0v) is 10.1. The zero-order chi connectivity index (χ0) is 12.6. The minimum atomic E-state index is -0.395. The van der Waals surface area contributed by atoms with Crippen LogP contribution in [0.25, 0.3) is 10.9 Å². The van der Waals surface area contributed by atoms with Crippen molar-refractivity contribution >= 4 is 10.9 Å². The van der Waals surface area contributed by atoms with Gasteiger partial charge in [-0.05, 0) is 33.0 Å². The summed E-state index contributed by atoms with van der Waals surface area (Å²) in [6, 6.07) is 5.40. The fourth-order valence-corrected chi connectivity index (χ4v) is 1.82. The third kappa shape index (κ3) is 1.89. The first-order valence-electron chi connectivity index (χ1n) is 5.47. The highest BCUT2D eigenvalue weighted by Gasteiger charge is 2.11. The molecule has 2 N–H and O–H groups in total. The van der Waals surface area contributed by atoms with Gasteiger partial charge in [0.15, 0.2) is 0 Å². The Balaban J connectivity index is 2.88. The van der Waals surface area contributed by atoms with Gasteiger partial charge in [-0.2, -0.15) is 0 Å². The van der Waals surface area contributed by atoms with E-state index in [-0.39, 0.29) is 11.7 Å². The summed E-state index contributed by atoms with van der Waals surface area (Å²) in [7, 11) is 1.71. The number of nitrogens with zero attached hydrogens (tertiary/aromatic N) is 1. The van der Waals surface area contributed by atoms with Crippen molar-refractivity contribution in [2.24, 2.45) is 0 Å². The minimum Gasteiger partial charge on any atom is -0.307 e. The molecule has 1 unspecified atom stereocenters. The lowest BCUT2D eigenvalue weighted by atomic mass is 10.2. The number of hydrogen-bond donors (Lipinski definition) is 2. The molecule has 0 aliphatic heterocycles. The summed E-state index contributed by atoms with van der Waals surface area (Å²) in [5, 5.41) is 3.42. The van der Waals surface area contributed by atoms with Crippen molar-refractivity contribution in [3.8, 4) is 0 Å². The number of rotatable bonds is 2. The molecular weight excluding hydrogens is 218 g/mol. The first-order chi connectivity index (χ1) is 8.04. The Kier molecular flexibility index (Phi) is 2.85. The smallest absolute Gasteiger partial charge is 0.307 e. The molecule has 1 heterocycles. The summed E-state index contributed by atoms with van der Waals surface area (Å²) in [5.74, 6) is 0. The van der Waals surface area contributed by atoms with E-state index < -0.39 is 5.69 Å². The largest absolute Gasteiger partial charge is 0.330 e. The van der Waals surface area contributed by atoms with Crippen LogP contribution in [0.4, 0.5) is 0 Å². The van der Waals surface area contributed by atoms with Crippen LogP contribution in [0.2, 0.25) is 0 Å². The standard InChI is InChI=1S/C12H15N3O2/c1-7-4-5-10-9(6-7)11(16)15(8(2)13-3)12(17)14-10/h4-6,8,13H,1-3H3,(H,14,17). The van der Waals surface area contributed by atoms with E-state index in [1.807, 2.05) is 13.0 Å². The molecule has 0 saturated carbocycles. The molecule has 0 bridgehead atoms. The highest BCUT2D eigenvalue weighted by Crippen LogP contribution is 2.08. The molecule has 1 aromatic heterocycles. The van der Waals surface area contributed by atoms with Crippen molar-refractivity contribution in [1.29, 1.82) is 0 Å². The van der Waals surface area contributed by atoms with Crippen molar-refractivity contribution < 1.29 is 0 Å². The number of aromatic amines is 1. The Morgan fingerprint density at radius 3 is 2.71 bits per heavy atom. The van der Waals surface area contributed by atoms with Crippen molar-refractivity contribution in [3.05, 3.63) is 44.6 Å². The lowest BCUT2D eigenvalue weighted by Gasteiger charge is -2.13. The van der Waals surface area contributed by atoms with Crippen LogP contribution in [0, 0.1) is 6.92 Å². The molecule has 5 heteroatoms. The molecule has 0 radical (unpaired) electrons. The predicted molar refractivity (Wildman–Crippen MR) is 67.3 cm³/mol. The maximum atomic E-state index is 12.2. The Hall–Kier alpha value is -1.88. The molecule has 5 nitrogen and oxygen atoms in total. The number of fused-ring (bicyclic) bond motifs is 1. The fraction of sp³-hybridized carbons (Fsp3) is 0.333. The van der Waals surface area contributed by atoms with Crippen LogP contribution in [0.3, 0.4) is 0 Å². The van der Waals surface area contributed by atoms with Crippen LogP contribution >= 0.6 is 0 Å². The van der Waals surface area contributed by atoms with Gasteiger partial charge < -0.3 is 10.3 Å². The second kappa shape index (κ2) is 4.18. The summed E-state index contributed by atoms with van der Waals surface area (Å²) in [6.45, 7) is 3.67. The Morgan fingerprint density at radius 2 is 2.06 bits per heavy atom. The van der Waals surface area contributed by atoms with E-state index in [9.17, 15) is 9.59 Å². The number of hydrogen-bond acceptors (Lipinski definition) is 3. The topological polar surface area (TPSA) is 66.9 Å². The maximum absolute atomic E-state index is 12.2. The van der Waals surface area contributed by atoms with Gasteiger partial charge in [0, 0.05) is 0 Å². The van der Waals surface area contributed by atoms with E-state index >= 15 is 0 Å². The summed E-state index contributed by atoms with van der Waals surface area (Å²) in [6.07, 6.45) is -0.337. The van der Waals surface area contributed by atoms with Crippen LogP contribution in [0.1, 0.15) is 18.7 Å². The van der Waals surface area contributed by atoms with Gasteiger partial charge in [-0.1, -0.05) is 11.6 Å². The van der Waals surface area contributed by atoms with E-state index in [4.69, 9.17) is 0 Å². The van der Waals surface area contributed by atoms with Gasteiger partial charge in [-0.15, -0.1) is 0 Å². The molecule has 17 heavy (non-hydrogen) atoms. The fourth-order valence-electron chi connectivity index (χ4n) is 1.82. The summed E-state index contributed by atoms with van der Waals surface area (Å²) < 4.78 is 1.18. The quantitative estimate of drug-likeness (QED) is 0.803. The molecule has 1 atom stereocenters. The van der Waals surface area contributed by atoms with Crippen molar-refractivity contribution in [2.75, 3.05) is 7.05 Å². The molecule has 2 aromatic rings. The van der Waals surface area contributed by atoms with Crippen LogP contribution in [0.15, 0.2) is 27.8 Å². The third-order valence-electron chi connectivity index (χ3n) is 2.89. The van der Waals surface area contributed by atoms with Gasteiger partial charge in [-0.25, -0.2) is 9.36 Å². The average molecular weight is 233 g/mol. The van der Waals surface area contributed by atoms with Crippen LogP contribution in [-0.4, -0.2) is 16.6 Å². The number of nitrogens with one attached hydrogen (secondary N) is 2. The maximum Gasteiger partial charge on any atom is 0.330 e. The SMILES string of the molecule is CNC(C)n1c(=O)[nH]c2ccc(C)cc2c1=O. The number of H-pyrrole nitrogens is 1. The number of benzene rings is 1. The molecule has 2 rings (SSSR count). The minimum absolute atomic E-state index is 0.269. The van der Waals surface area contributed by atoms with E-state index in [1.165, 1.54) is 4.57 Å². The van der Waals surface area contributed by atoms with Gasteiger partial charge in [0.1, 0.15) is 0 Å². The molecule has 0 saturated heterocycles. The van der Waals surface area contributed by atoms with Crippen LogP contribution < -0.4 is 16.6 Å². The molecular formula is C12H15N3O2. The normalized spacial score (nSPS) is 12.9. The molecule has 1 aromatic carbocycles. The second-order valence-electron chi connectivity index (χ2n) is 4.12. The molecule has 0 amide bonds. The van der Waals surface area contributed by atoms with Gasteiger partial charge >= 0.3 is 5.69 Å². The Bertz CT molecular complexity index is 669. The molecule has 0 aliphatic rings. The average Bonchev–Trinajstić information content (AvgIpc) is 2.30. The summed E-state index contributed by atoms with van der Waals surface area (Å²) in [5.41, 5.74) is 0.901. The van der Waals surface area contributed by atoms with Crippen molar-refractivity contribution in [2.45, 2.75) is 20.0 Å². The number of aromatic nitrogens is 2. The molecule has 0 spiro atoms. The highest BCUT2D eigenvalue weighted by molar-refractivity contribution is 5.77. The van der Waals surface area contributed by atoms with E-state index in [0.29, 0.717) is 10.9 Å². The van der Waals surface area contributed by atoms with E-state index in [2.05, 4.69) is 10.3 Å². The predicted octanol–water partition coefficient (Wildman–Crippen LogP) is 0.736. The summed E-state index contributed by atoms with van der Waals surface area (Å²) in [4.78, 5) is 26.7. The lowest BCUT2D eigenvalue weighted by Crippen LogP contribution is -2.41. The Labute approximate surface area is 98.1 Å². The van der Waals surface area contributed by atoms with Crippen LogP contribution in [-0.2, 0) is 0 Å². The molecule has 0 fully saturated rings. The zero-order valence-electron chi connectivity index (χ0n) is 10.1. The van der Waals surface area contributed by atoms with E-state index in [0.717, 1.165) is 5.56 Å². The van der Waals surface area contributed by atoms with E-state index in [1.54, 1.807) is 26.1 Å². The van der Waals surface area contributed by atoms with Gasteiger partial charge in [0.2, 0.25) is 0 Å². The first kappa shape index (κ1) is 11.6. The molecule has 90 valence electrons. The van der Waals surface area contributed by atoms with Crippen LogP contribution in [0.5, 0.6) is 0 Å². The molecule has 0 aliphatic carbocycles. The van der Waals surface area contributed by atoms with Gasteiger partial charge in [-0.3, -0.25) is 4.79 Å². The second-order valence-corrected chi connectivity index (χ2v) is 4.12. The number of aryl methyl sites for hydroxylation is 1. The van der Waals surface area contributed by atoms with Crippen molar-refractivity contribution in [3.63, 3.8) is 0 Å². The third-order valence-corrected chi connectivity index (χ3v) is 2.89. The monoisotopic (exact) mass is 233 g/mol. The highest BCUT2D eigenvalue weighted by atomic mass is 16.2. The van der Waals surface area contributed by atoms with Crippen molar-refractivity contribution in [1.82, 2.24) is 14.9 Å². The Morgan fingerprint density at radius 1 is 1.35 bits per heavy atom. The van der Waals surface area contributed by atoms with Gasteiger partial charge in [0.25, 0.3) is 5.56 Å². The summed E-state index contributed by atoms with van der Waals surface area (Å²) >= 11 is 0.